The van der Waals surface area contributed by atoms with Crippen molar-refractivity contribution in [3.63, 3.8) is 0 Å². The standard InChI is InChI=1S/C14H22N3O2/c1-11(18)9-16-14(2,3)10-15-13(19)17-12-7-5-4-6-8-12/h4-8,11,16,18H,1,9-10H2,2-3H3,(H2,15,17,19). The molecule has 2 amide bonds. The zero-order chi connectivity index (χ0) is 14.3. The van der Waals surface area contributed by atoms with Gasteiger partial charge in [-0.3, -0.25) is 0 Å². The van der Waals surface area contributed by atoms with Gasteiger partial charge in [0.25, 0.3) is 0 Å². The highest BCUT2D eigenvalue weighted by Gasteiger charge is 2.18. The Morgan fingerprint density at radius 3 is 2.58 bits per heavy atom. The number of aliphatic hydroxyl groups excluding tert-OH is 1. The van der Waals surface area contributed by atoms with Crippen molar-refractivity contribution >= 4 is 11.7 Å². The predicted octanol–water partition coefficient (Wildman–Crippen LogP) is 1.37. The van der Waals surface area contributed by atoms with Crippen LogP contribution in [0.5, 0.6) is 0 Å². The van der Waals surface area contributed by atoms with Crippen LogP contribution < -0.4 is 16.0 Å². The van der Waals surface area contributed by atoms with Crippen molar-refractivity contribution in [3.05, 3.63) is 37.3 Å². The summed E-state index contributed by atoms with van der Waals surface area (Å²) in [5.74, 6) is 0. The lowest BCUT2D eigenvalue weighted by Crippen LogP contribution is -2.51. The highest BCUT2D eigenvalue weighted by atomic mass is 16.3. The molecule has 4 N–H and O–H groups in total. The first-order valence-corrected chi connectivity index (χ1v) is 6.25. The third kappa shape index (κ3) is 6.79. The van der Waals surface area contributed by atoms with Gasteiger partial charge in [0.2, 0.25) is 0 Å². The number of carbonyl (C=O) groups is 1. The van der Waals surface area contributed by atoms with Crippen LogP contribution in [0.15, 0.2) is 30.3 Å². The molecule has 1 radical (unpaired) electrons. The zero-order valence-corrected chi connectivity index (χ0v) is 11.4. The van der Waals surface area contributed by atoms with Crippen LogP contribution in [0.1, 0.15) is 13.8 Å². The Bertz CT molecular complexity index is 391. The summed E-state index contributed by atoms with van der Waals surface area (Å²) in [6.45, 7) is 8.20. The Hall–Kier alpha value is -1.59. The lowest BCUT2D eigenvalue weighted by molar-refractivity contribution is 0.198. The van der Waals surface area contributed by atoms with Crippen LogP contribution in [0, 0.1) is 6.92 Å². The first-order valence-electron chi connectivity index (χ1n) is 6.25. The fraction of sp³-hybridized carbons (Fsp3) is 0.429. The molecule has 105 valence electrons. The van der Waals surface area contributed by atoms with E-state index < -0.39 is 6.10 Å². The molecule has 0 spiro atoms. The summed E-state index contributed by atoms with van der Waals surface area (Å²) in [6, 6.07) is 8.99. The molecular weight excluding hydrogens is 242 g/mol. The second-order valence-electron chi connectivity index (χ2n) is 5.09. The number of carbonyl (C=O) groups excluding carboxylic acids is 1. The van der Waals surface area contributed by atoms with Gasteiger partial charge < -0.3 is 21.1 Å². The van der Waals surface area contributed by atoms with Crippen molar-refractivity contribution in [1.82, 2.24) is 10.6 Å². The molecule has 0 aliphatic heterocycles. The van der Waals surface area contributed by atoms with Crippen LogP contribution in [-0.2, 0) is 0 Å². The summed E-state index contributed by atoms with van der Waals surface area (Å²) in [5, 5.41) is 17.8. The third-order valence-electron chi connectivity index (χ3n) is 2.54. The molecule has 5 nitrogen and oxygen atoms in total. The maximum atomic E-state index is 11.7. The number of nitrogens with one attached hydrogen (secondary N) is 3. The summed E-state index contributed by atoms with van der Waals surface area (Å²) >= 11 is 0. The molecule has 0 aromatic heterocycles. The summed E-state index contributed by atoms with van der Waals surface area (Å²) < 4.78 is 0. The largest absolute Gasteiger partial charge is 0.392 e. The predicted molar refractivity (Wildman–Crippen MR) is 76.9 cm³/mol. The lowest BCUT2D eigenvalue weighted by atomic mass is 10.1. The Labute approximate surface area is 114 Å². The van der Waals surface area contributed by atoms with Gasteiger partial charge in [-0.2, -0.15) is 0 Å². The molecule has 0 heterocycles. The van der Waals surface area contributed by atoms with E-state index in [0.29, 0.717) is 13.1 Å². The summed E-state index contributed by atoms with van der Waals surface area (Å²) in [4.78, 5) is 11.7. The fourth-order valence-corrected chi connectivity index (χ4v) is 1.45. The van der Waals surface area contributed by atoms with E-state index in [4.69, 9.17) is 5.11 Å². The summed E-state index contributed by atoms with van der Waals surface area (Å²) in [6.07, 6.45) is -0.655. The van der Waals surface area contributed by atoms with Crippen molar-refractivity contribution in [2.45, 2.75) is 25.5 Å². The molecule has 0 saturated heterocycles. The zero-order valence-electron chi connectivity index (χ0n) is 11.4. The highest BCUT2D eigenvalue weighted by molar-refractivity contribution is 5.89. The number of rotatable bonds is 6. The van der Waals surface area contributed by atoms with Gasteiger partial charge in [-0.05, 0) is 32.9 Å². The minimum Gasteiger partial charge on any atom is -0.392 e. The van der Waals surface area contributed by atoms with Gasteiger partial charge in [0.1, 0.15) is 0 Å². The van der Waals surface area contributed by atoms with Crippen LogP contribution in [0.3, 0.4) is 0 Å². The first kappa shape index (κ1) is 15.5. The van der Waals surface area contributed by atoms with Gasteiger partial charge in [-0.25, -0.2) is 4.79 Å². The third-order valence-corrected chi connectivity index (χ3v) is 2.54. The second-order valence-corrected chi connectivity index (χ2v) is 5.09. The summed E-state index contributed by atoms with van der Waals surface area (Å²) in [7, 11) is 0. The maximum absolute atomic E-state index is 11.7. The average Bonchev–Trinajstić information content (AvgIpc) is 2.36. The van der Waals surface area contributed by atoms with E-state index in [0.717, 1.165) is 5.69 Å². The van der Waals surface area contributed by atoms with Crippen LogP contribution in [0.25, 0.3) is 0 Å². The fourth-order valence-electron chi connectivity index (χ4n) is 1.45. The van der Waals surface area contributed by atoms with Crippen molar-refractivity contribution in [1.29, 1.82) is 0 Å². The smallest absolute Gasteiger partial charge is 0.319 e. The van der Waals surface area contributed by atoms with Crippen LogP contribution >= 0.6 is 0 Å². The van der Waals surface area contributed by atoms with Gasteiger partial charge in [0.05, 0.1) is 6.10 Å². The molecule has 1 aromatic carbocycles. The molecule has 1 rings (SSSR count). The van der Waals surface area contributed by atoms with Crippen molar-refractivity contribution in [2.75, 3.05) is 18.4 Å². The van der Waals surface area contributed by atoms with Gasteiger partial charge >= 0.3 is 6.03 Å². The molecule has 0 aliphatic carbocycles. The van der Waals surface area contributed by atoms with Crippen LogP contribution in [0.2, 0.25) is 0 Å². The molecule has 5 heteroatoms. The number of urea groups is 1. The summed E-state index contributed by atoms with van der Waals surface area (Å²) in [5.41, 5.74) is 0.436. The van der Waals surface area contributed by atoms with Gasteiger partial charge in [0, 0.05) is 24.3 Å². The van der Waals surface area contributed by atoms with Crippen molar-refractivity contribution in [3.8, 4) is 0 Å². The quantitative estimate of drug-likeness (QED) is 0.627. The molecule has 1 aromatic rings. The van der Waals surface area contributed by atoms with Gasteiger partial charge in [0.15, 0.2) is 0 Å². The topological polar surface area (TPSA) is 73.4 Å². The number of anilines is 1. The normalized spacial score (nSPS) is 12.8. The monoisotopic (exact) mass is 264 g/mol. The van der Waals surface area contributed by atoms with E-state index in [1.165, 1.54) is 0 Å². The van der Waals surface area contributed by atoms with Crippen LogP contribution in [-0.4, -0.2) is 35.9 Å². The molecule has 0 bridgehead atoms. The molecule has 1 atom stereocenters. The van der Waals surface area contributed by atoms with Gasteiger partial charge in [-0.15, -0.1) is 0 Å². The number of benzene rings is 1. The van der Waals surface area contributed by atoms with E-state index in [1.54, 1.807) is 0 Å². The van der Waals surface area contributed by atoms with Crippen molar-refractivity contribution in [2.24, 2.45) is 0 Å². The second kappa shape index (κ2) is 7.11. The van der Waals surface area contributed by atoms with E-state index in [2.05, 4.69) is 22.9 Å². The average molecular weight is 264 g/mol. The minimum atomic E-state index is -0.655. The number of para-hydroxylation sites is 1. The number of β-amino-alcohol motifs (C(OH)–C–C–N with tert-alkyl or cyclic N) is 1. The molecule has 0 saturated carbocycles. The Balaban J connectivity index is 2.33. The SMILES string of the molecule is [CH2]C(O)CNC(C)(C)CNC(=O)Nc1ccccc1. The molecular formula is C14H22N3O2. The van der Waals surface area contributed by atoms with E-state index >= 15 is 0 Å². The molecule has 1 unspecified atom stereocenters. The van der Waals surface area contributed by atoms with Gasteiger partial charge in [-0.1, -0.05) is 18.2 Å². The van der Waals surface area contributed by atoms with Crippen molar-refractivity contribution < 1.29 is 9.90 Å². The lowest BCUT2D eigenvalue weighted by Gasteiger charge is -2.27. The number of aliphatic hydroxyl groups is 1. The molecule has 0 fully saturated rings. The highest BCUT2D eigenvalue weighted by Crippen LogP contribution is 2.05. The Kier molecular flexibility index (Phi) is 5.79. The van der Waals surface area contributed by atoms with E-state index in [-0.39, 0.29) is 11.6 Å². The Morgan fingerprint density at radius 2 is 2.00 bits per heavy atom. The Morgan fingerprint density at radius 1 is 1.37 bits per heavy atom. The maximum Gasteiger partial charge on any atom is 0.319 e. The number of amides is 2. The number of hydrogen-bond acceptors (Lipinski definition) is 3. The van der Waals surface area contributed by atoms with Crippen LogP contribution in [0.4, 0.5) is 10.5 Å². The molecule has 19 heavy (non-hydrogen) atoms. The van der Waals surface area contributed by atoms with E-state index in [1.807, 2.05) is 44.2 Å². The number of hydrogen-bond donors (Lipinski definition) is 4. The first-order chi connectivity index (χ1) is 8.89. The minimum absolute atomic E-state index is 0.253. The van der Waals surface area contributed by atoms with E-state index in [9.17, 15) is 4.79 Å². The molecule has 0 aliphatic rings.